The third-order valence-corrected chi connectivity index (χ3v) is 5.56. The molecule has 3 amide bonds. The Bertz CT molecular complexity index is 728. The number of hydrogen-bond donors (Lipinski definition) is 0. The first-order valence-electron chi connectivity index (χ1n) is 9.62. The van der Waals surface area contributed by atoms with Crippen LogP contribution in [0.3, 0.4) is 0 Å². The van der Waals surface area contributed by atoms with E-state index < -0.39 is 0 Å². The highest BCUT2D eigenvalue weighted by Crippen LogP contribution is 2.29. The number of hydrogen-bond acceptors (Lipinski definition) is 3. The summed E-state index contributed by atoms with van der Waals surface area (Å²) < 4.78 is 0. The SMILES string of the molecule is CC(=O)N1CCN(C(=O)C2CC(=O)N(c3ccc(C(C)(C)C)cc3)C2)CC1. The Balaban J connectivity index is 1.63. The maximum absolute atomic E-state index is 12.8. The van der Waals surface area contributed by atoms with Crippen molar-refractivity contribution in [2.45, 2.75) is 39.5 Å². The number of rotatable bonds is 2. The summed E-state index contributed by atoms with van der Waals surface area (Å²) in [4.78, 5) is 42.0. The van der Waals surface area contributed by atoms with Crippen LogP contribution < -0.4 is 4.90 Å². The summed E-state index contributed by atoms with van der Waals surface area (Å²) in [5, 5.41) is 0. The first-order chi connectivity index (χ1) is 12.7. The Morgan fingerprint density at radius 2 is 1.52 bits per heavy atom. The van der Waals surface area contributed by atoms with Gasteiger partial charge in [0.1, 0.15) is 0 Å². The monoisotopic (exact) mass is 371 g/mol. The average Bonchev–Trinajstić information content (AvgIpc) is 3.02. The van der Waals surface area contributed by atoms with Crippen LogP contribution in [0.15, 0.2) is 24.3 Å². The third kappa shape index (κ3) is 4.15. The quantitative estimate of drug-likeness (QED) is 0.799. The van der Waals surface area contributed by atoms with E-state index in [-0.39, 0.29) is 35.5 Å². The third-order valence-electron chi connectivity index (χ3n) is 5.56. The van der Waals surface area contributed by atoms with E-state index >= 15 is 0 Å². The fraction of sp³-hybridized carbons (Fsp3) is 0.571. The first-order valence-corrected chi connectivity index (χ1v) is 9.62. The molecule has 2 saturated heterocycles. The molecule has 0 saturated carbocycles. The van der Waals surface area contributed by atoms with Crippen molar-refractivity contribution in [1.29, 1.82) is 0 Å². The molecule has 2 heterocycles. The zero-order valence-electron chi connectivity index (χ0n) is 16.7. The predicted octanol–water partition coefficient (Wildman–Crippen LogP) is 2.03. The fourth-order valence-electron chi connectivity index (χ4n) is 3.76. The lowest BCUT2D eigenvalue weighted by Gasteiger charge is -2.35. The van der Waals surface area contributed by atoms with Gasteiger partial charge in [-0.2, -0.15) is 0 Å². The highest BCUT2D eigenvalue weighted by molar-refractivity contribution is 6.00. The van der Waals surface area contributed by atoms with E-state index in [1.54, 1.807) is 21.6 Å². The molecule has 6 nitrogen and oxygen atoms in total. The van der Waals surface area contributed by atoms with Gasteiger partial charge in [0.25, 0.3) is 0 Å². The van der Waals surface area contributed by atoms with Gasteiger partial charge in [0.2, 0.25) is 17.7 Å². The van der Waals surface area contributed by atoms with Crippen molar-refractivity contribution in [2.24, 2.45) is 5.92 Å². The molecular weight excluding hydrogens is 342 g/mol. The van der Waals surface area contributed by atoms with Gasteiger partial charge in [0.05, 0.1) is 5.92 Å². The topological polar surface area (TPSA) is 60.9 Å². The molecule has 0 radical (unpaired) electrons. The molecule has 0 aliphatic carbocycles. The standard InChI is InChI=1S/C21H29N3O3/c1-15(25)22-9-11-23(12-10-22)20(27)16-13-19(26)24(14-16)18-7-5-17(6-8-18)21(2,3)4/h5-8,16H,9-14H2,1-4H3. The second-order valence-corrected chi connectivity index (χ2v) is 8.53. The molecule has 0 spiro atoms. The zero-order valence-corrected chi connectivity index (χ0v) is 16.7. The highest BCUT2D eigenvalue weighted by atomic mass is 16.2. The zero-order chi connectivity index (χ0) is 19.8. The summed E-state index contributed by atoms with van der Waals surface area (Å²) in [7, 11) is 0. The number of carbonyl (C=O) groups excluding carboxylic acids is 3. The average molecular weight is 371 g/mol. The lowest BCUT2D eigenvalue weighted by atomic mass is 9.87. The second kappa shape index (κ2) is 7.33. The molecule has 1 unspecified atom stereocenters. The van der Waals surface area contributed by atoms with Gasteiger partial charge in [-0.05, 0) is 23.1 Å². The van der Waals surface area contributed by atoms with Gasteiger partial charge in [-0.1, -0.05) is 32.9 Å². The Morgan fingerprint density at radius 1 is 0.963 bits per heavy atom. The number of nitrogens with zero attached hydrogens (tertiary/aromatic N) is 3. The molecule has 146 valence electrons. The van der Waals surface area contributed by atoms with E-state index in [1.165, 1.54) is 5.56 Å². The lowest BCUT2D eigenvalue weighted by Crippen LogP contribution is -2.51. The van der Waals surface area contributed by atoms with E-state index in [4.69, 9.17) is 0 Å². The van der Waals surface area contributed by atoms with Gasteiger partial charge in [0, 0.05) is 51.8 Å². The highest BCUT2D eigenvalue weighted by Gasteiger charge is 2.38. The number of piperazine rings is 1. The molecule has 1 aromatic carbocycles. The predicted molar refractivity (Wildman–Crippen MR) is 104 cm³/mol. The maximum Gasteiger partial charge on any atom is 0.228 e. The van der Waals surface area contributed by atoms with Crippen molar-refractivity contribution in [2.75, 3.05) is 37.6 Å². The Kier molecular flexibility index (Phi) is 5.27. The second-order valence-electron chi connectivity index (χ2n) is 8.53. The maximum atomic E-state index is 12.8. The summed E-state index contributed by atoms with van der Waals surface area (Å²) in [5.41, 5.74) is 2.13. The minimum Gasteiger partial charge on any atom is -0.339 e. The van der Waals surface area contributed by atoms with Crippen LogP contribution in [0.2, 0.25) is 0 Å². The molecule has 2 aliphatic rings. The Labute approximate surface area is 161 Å². The van der Waals surface area contributed by atoms with Crippen molar-refractivity contribution >= 4 is 23.4 Å². The van der Waals surface area contributed by atoms with Crippen molar-refractivity contribution < 1.29 is 14.4 Å². The lowest BCUT2D eigenvalue weighted by molar-refractivity contribution is -0.141. The van der Waals surface area contributed by atoms with Crippen LogP contribution in [0.4, 0.5) is 5.69 Å². The van der Waals surface area contributed by atoms with Crippen LogP contribution in [0.25, 0.3) is 0 Å². The van der Waals surface area contributed by atoms with E-state index in [2.05, 4.69) is 32.9 Å². The minimum absolute atomic E-state index is 0.000712. The molecule has 1 atom stereocenters. The van der Waals surface area contributed by atoms with Gasteiger partial charge in [-0.15, -0.1) is 0 Å². The van der Waals surface area contributed by atoms with Crippen molar-refractivity contribution in [3.05, 3.63) is 29.8 Å². The smallest absolute Gasteiger partial charge is 0.228 e. The summed E-state index contributed by atoms with van der Waals surface area (Å²) in [6.07, 6.45) is 0.257. The molecule has 3 rings (SSSR count). The van der Waals surface area contributed by atoms with E-state index in [0.717, 1.165) is 5.69 Å². The van der Waals surface area contributed by atoms with E-state index in [9.17, 15) is 14.4 Å². The summed E-state index contributed by atoms with van der Waals surface area (Å²) in [6.45, 7) is 10.7. The molecule has 0 aromatic heterocycles. The molecule has 2 fully saturated rings. The molecule has 0 N–H and O–H groups in total. The number of carbonyl (C=O) groups is 3. The van der Waals surface area contributed by atoms with Gasteiger partial charge < -0.3 is 14.7 Å². The fourth-order valence-corrected chi connectivity index (χ4v) is 3.76. The van der Waals surface area contributed by atoms with Gasteiger partial charge in [-0.3, -0.25) is 14.4 Å². The summed E-state index contributed by atoms with van der Waals surface area (Å²) >= 11 is 0. The normalized spacial score (nSPS) is 21.0. The summed E-state index contributed by atoms with van der Waals surface area (Å²) in [6, 6.07) is 8.05. The van der Waals surface area contributed by atoms with Crippen LogP contribution in [-0.4, -0.2) is 60.2 Å². The molecule has 1 aromatic rings. The van der Waals surface area contributed by atoms with Crippen LogP contribution in [0.1, 0.15) is 39.7 Å². The van der Waals surface area contributed by atoms with Crippen molar-refractivity contribution in [3.8, 4) is 0 Å². The Morgan fingerprint density at radius 3 is 2.04 bits per heavy atom. The van der Waals surface area contributed by atoms with Crippen molar-refractivity contribution in [3.63, 3.8) is 0 Å². The number of amides is 3. The largest absolute Gasteiger partial charge is 0.339 e. The molecule has 27 heavy (non-hydrogen) atoms. The van der Waals surface area contributed by atoms with E-state index in [1.807, 2.05) is 12.1 Å². The number of benzene rings is 1. The first kappa shape index (κ1) is 19.4. The molecular formula is C21H29N3O3. The molecule has 6 heteroatoms. The minimum atomic E-state index is -0.302. The molecule has 0 bridgehead atoms. The van der Waals surface area contributed by atoms with E-state index in [0.29, 0.717) is 32.7 Å². The van der Waals surface area contributed by atoms with Crippen LogP contribution in [0, 0.1) is 5.92 Å². The Hall–Kier alpha value is -2.37. The summed E-state index contributed by atoms with van der Waals surface area (Å²) in [5.74, 6) is -0.230. The molecule has 2 aliphatic heterocycles. The van der Waals surface area contributed by atoms with Gasteiger partial charge >= 0.3 is 0 Å². The van der Waals surface area contributed by atoms with Crippen molar-refractivity contribution in [1.82, 2.24) is 9.80 Å². The van der Waals surface area contributed by atoms with Crippen LogP contribution in [0.5, 0.6) is 0 Å². The van der Waals surface area contributed by atoms with Gasteiger partial charge in [-0.25, -0.2) is 0 Å². The van der Waals surface area contributed by atoms with Gasteiger partial charge in [0.15, 0.2) is 0 Å². The van der Waals surface area contributed by atoms with Crippen LogP contribution in [-0.2, 0) is 19.8 Å². The van der Waals surface area contributed by atoms with Crippen LogP contribution >= 0.6 is 0 Å². The number of anilines is 1.